The fourth-order valence-corrected chi connectivity index (χ4v) is 3.06. The van der Waals surface area contributed by atoms with E-state index in [2.05, 4.69) is 0 Å². The monoisotopic (exact) mass is 346 g/mol. The first-order chi connectivity index (χ1) is 12.1. The van der Waals surface area contributed by atoms with Crippen molar-refractivity contribution in [1.82, 2.24) is 9.80 Å². The van der Waals surface area contributed by atoms with E-state index in [1.54, 1.807) is 6.07 Å². The molecule has 25 heavy (non-hydrogen) atoms. The number of halogens is 1. The molecule has 0 spiro atoms. The first-order valence-electron chi connectivity index (χ1n) is 8.20. The number of amides is 2. The lowest BCUT2D eigenvalue weighted by Gasteiger charge is -2.37. The number of benzene rings is 1. The minimum atomic E-state index is -0.499. The number of hydrogen-bond donors (Lipinski definition) is 0. The summed E-state index contributed by atoms with van der Waals surface area (Å²) in [6, 6.07) is 6.09. The average Bonchev–Trinajstić information content (AvgIpc) is 2.67. The van der Waals surface area contributed by atoms with E-state index in [0.29, 0.717) is 58.2 Å². The van der Waals surface area contributed by atoms with Gasteiger partial charge in [-0.25, -0.2) is 4.39 Å². The molecule has 2 amide bonds. The summed E-state index contributed by atoms with van der Waals surface area (Å²) in [5.41, 5.74) is 0.916. The van der Waals surface area contributed by atoms with E-state index in [-0.39, 0.29) is 5.56 Å². The second kappa shape index (κ2) is 7.49. The number of rotatable bonds is 1. The van der Waals surface area contributed by atoms with E-state index < -0.39 is 17.6 Å². The Balaban J connectivity index is 1.61. The van der Waals surface area contributed by atoms with Crippen LogP contribution in [0.4, 0.5) is 10.1 Å². The van der Waals surface area contributed by atoms with E-state index in [1.165, 1.54) is 21.9 Å². The van der Waals surface area contributed by atoms with Gasteiger partial charge in [0.2, 0.25) is 0 Å². The van der Waals surface area contributed by atoms with Crippen molar-refractivity contribution < 1.29 is 18.7 Å². The second-order valence-corrected chi connectivity index (χ2v) is 5.96. The molecule has 0 N–H and O–H groups in total. The highest BCUT2D eigenvalue weighted by molar-refractivity contribution is 6.34. The Morgan fingerprint density at radius 1 is 1.00 bits per heavy atom. The van der Waals surface area contributed by atoms with Crippen LogP contribution in [-0.4, -0.2) is 74.1 Å². The van der Waals surface area contributed by atoms with Crippen LogP contribution in [0.25, 0.3) is 0 Å². The number of hydrogen-bond acceptors (Lipinski definition) is 5. The Morgan fingerprint density at radius 3 is 2.20 bits per heavy atom. The molecule has 0 aromatic heterocycles. The molecular weight excluding hydrogens is 327 g/mol. The molecule has 0 radical (unpaired) electrons. The standard InChI is InChI=1S/C17H19FN4O3/c18-14-1-2-15(13(11-14)12-19)20-3-5-21(6-4-20)16(23)17(24)22-7-9-25-10-8-22/h1-2,11H,3-10H2. The van der Waals surface area contributed by atoms with Crippen LogP contribution in [-0.2, 0) is 14.3 Å². The first-order valence-corrected chi connectivity index (χ1v) is 8.20. The number of carbonyl (C=O) groups is 2. The van der Waals surface area contributed by atoms with Crippen molar-refractivity contribution in [3.05, 3.63) is 29.6 Å². The molecule has 0 unspecified atom stereocenters. The number of anilines is 1. The lowest BCUT2D eigenvalue weighted by atomic mass is 10.1. The molecule has 0 aliphatic carbocycles. The zero-order chi connectivity index (χ0) is 17.8. The van der Waals surface area contributed by atoms with Crippen molar-refractivity contribution in [3.63, 3.8) is 0 Å². The Morgan fingerprint density at radius 2 is 1.60 bits per heavy atom. The van der Waals surface area contributed by atoms with E-state index in [9.17, 15) is 14.0 Å². The predicted molar refractivity (Wildman–Crippen MR) is 87.3 cm³/mol. The van der Waals surface area contributed by atoms with Crippen LogP contribution in [0.5, 0.6) is 0 Å². The molecule has 2 aliphatic rings. The van der Waals surface area contributed by atoms with Gasteiger partial charge in [-0.3, -0.25) is 9.59 Å². The molecule has 1 aromatic rings. The van der Waals surface area contributed by atoms with Gasteiger partial charge in [-0.05, 0) is 18.2 Å². The molecule has 0 atom stereocenters. The fraction of sp³-hybridized carbons (Fsp3) is 0.471. The Bertz CT molecular complexity index is 704. The van der Waals surface area contributed by atoms with Crippen LogP contribution < -0.4 is 4.90 Å². The van der Waals surface area contributed by atoms with Gasteiger partial charge in [0.15, 0.2) is 0 Å². The molecule has 1 aromatic carbocycles. The van der Waals surface area contributed by atoms with Crippen molar-refractivity contribution in [1.29, 1.82) is 5.26 Å². The fourth-order valence-electron chi connectivity index (χ4n) is 3.06. The second-order valence-electron chi connectivity index (χ2n) is 5.96. The zero-order valence-electron chi connectivity index (χ0n) is 13.8. The molecular formula is C17H19FN4O3. The summed E-state index contributed by atoms with van der Waals surface area (Å²) in [6.45, 7) is 3.53. The summed E-state index contributed by atoms with van der Waals surface area (Å²) in [6.07, 6.45) is 0. The van der Waals surface area contributed by atoms with E-state index in [4.69, 9.17) is 10.00 Å². The third-order valence-electron chi connectivity index (χ3n) is 4.47. The quantitative estimate of drug-likeness (QED) is 0.679. The maximum atomic E-state index is 13.3. The summed E-state index contributed by atoms with van der Waals surface area (Å²) >= 11 is 0. The summed E-state index contributed by atoms with van der Waals surface area (Å²) in [4.78, 5) is 29.6. The van der Waals surface area contributed by atoms with Crippen LogP contribution >= 0.6 is 0 Å². The van der Waals surface area contributed by atoms with Crippen molar-refractivity contribution in [2.24, 2.45) is 0 Å². The number of morpholine rings is 1. The van der Waals surface area contributed by atoms with Crippen molar-refractivity contribution in [3.8, 4) is 6.07 Å². The van der Waals surface area contributed by atoms with Crippen LogP contribution in [0.2, 0.25) is 0 Å². The molecule has 2 heterocycles. The first kappa shape index (κ1) is 17.2. The molecule has 0 saturated carbocycles. The highest BCUT2D eigenvalue weighted by atomic mass is 19.1. The van der Waals surface area contributed by atoms with E-state index in [0.717, 1.165) is 0 Å². The van der Waals surface area contributed by atoms with Crippen molar-refractivity contribution in [2.75, 3.05) is 57.4 Å². The number of nitrogens with zero attached hydrogens (tertiary/aromatic N) is 4. The predicted octanol–water partition coefficient (Wildman–Crippen LogP) is 0.205. The van der Waals surface area contributed by atoms with Gasteiger partial charge in [0.05, 0.1) is 24.5 Å². The molecule has 3 rings (SSSR count). The lowest BCUT2D eigenvalue weighted by molar-refractivity contribution is -0.154. The van der Waals surface area contributed by atoms with Gasteiger partial charge >= 0.3 is 11.8 Å². The Kier molecular flexibility index (Phi) is 5.14. The third kappa shape index (κ3) is 3.72. The van der Waals surface area contributed by atoms with Crippen molar-refractivity contribution >= 4 is 17.5 Å². The molecule has 2 fully saturated rings. The Labute approximate surface area is 145 Å². The number of nitriles is 1. The molecule has 0 bridgehead atoms. The topological polar surface area (TPSA) is 76.9 Å². The lowest BCUT2D eigenvalue weighted by Crippen LogP contribution is -2.54. The third-order valence-corrected chi connectivity index (χ3v) is 4.47. The summed E-state index contributed by atoms with van der Waals surface area (Å²) in [5.74, 6) is -1.44. The van der Waals surface area contributed by atoms with E-state index in [1.807, 2.05) is 11.0 Å². The van der Waals surface area contributed by atoms with Gasteiger partial charge in [0, 0.05) is 39.3 Å². The minimum absolute atomic E-state index is 0.268. The summed E-state index contributed by atoms with van der Waals surface area (Å²) < 4.78 is 18.5. The van der Waals surface area contributed by atoms with Gasteiger partial charge < -0.3 is 19.4 Å². The highest BCUT2D eigenvalue weighted by Gasteiger charge is 2.30. The average molecular weight is 346 g/mol. The number of ether oxygens (including phenoxy) is 1. The van der Waals surface area contributed by atoms with Crippen molar-refractivity contribution in [2.45, 2.75) is 0 Å². The van der Waals surface area contributed by atoms with E-state index >= 15 is 0 Å². The highest BCUT2D eigenvalue weighted by Crippen LogP contribution is 2.22. The van der Waals surface area contributed by atoms with Crippen LogP contribution in [0, 0.1) is 17.1 Å². The molecule has 132 valence electrons. The van der Waals surface area contributed by atoms with Crippen LogP contribution in [0.1, 0.15) is 5.56 Å². The zero-order valence-corrected chi connectivity index (χ0v) is 13.8. The summed E-state index contributed by atoms with van der Waals surface area (Å²) in [5, 5.41) is 9.16. The maximum absolute atomic E-state index is 13.3. The smallest absolute Gasteiger partial charge is 0.312 e. The number of piperazine rings is 1. The van der Waals surface area contributed by atoms with Gasteiger partial charge in [-0.2, -0.15) is 5.26 Å². The van der Waals surface area contributed by atoms with Crippen LogP contribution in [0.15, 0.2) is 18.2 Å². The van der Waals surface area contributed by atoms with Gasteiger partial charge in [0.25, 0.3) is 0 Å². The molecule has 8 heteroatoms. The normalized spacial score (nSPS) is 18.0. The molecule has 7 nitrogen and oxygen atoms in total. The minimum Gasteiger partial charge on any atom is -0.378 e. The molecule has 2 saturated heterocycles. The number of carbonyl (C=O) groups excluding carboxylic acids is 2. The molecule has 2 aliphatic heterocycles. The largest absolute Gasteiger partial charge is 0.378 e. The van der Waals surface area contributed by atoms with Crippen LogP contribution in [0.3, 0.4) is 0 Å². The summed E-state index contributed by atoms with van der Waals surface area (Å²) in [7, 11) is 0. The van der Waals surface area contributed by atoms with Gasteiger partial charge in [0.1, 0.15) is 11.9 Å². The SMILES string of the molecule is N#Cc1cc(F)ccc1N1CCN(C(=O)C(=O)N2CCOCC2)CC1. The van der Waals surface area contributed by atoms with Gasteiger partial charge in [-0.1, -0.05) is 0 Å². The Hall–Kier alpha value is -2.66. The van der Waals surface area contributed by atoms with Gasteiger partial charge in [-0.15, -0.1) is 0 Å². The maximum Gasteiger partial charge on any atom is 0.312 e.